The molecular weight excluding hydrogens is 212 g/mol. The fraction of sp³-hybridized carbons (Fsp3) is 0.571. The maximum absolute atomic E-state index is 9.84. The maximum atomic E-state index is 9.84. The molecule has 0 spiro atoms. The van der Waals surface area contributed by atoms with Gasteiger partial charge in [-0.2, -0.15) is 0 Å². The summed E-state index contributed by atoms with van der Waals surface area (Å²) in [4.78, 5) is 4.76. The zero-order valence-corrected chi connectivity index (χ0v) is 10.9. The normalized spacial score (nSPS) is 23.8. The molecule has 1 aliphatic heterocycles. The molecule has 1 aromatic carbocycles. The molecule has 2 rings (SSSR count). The average molecular weight is 234 g/mol. The first-order valence-electron chi connectivity index (χ1n) is 6.31. The van der Waals surface area contributed by atoms with Gasteiger partial charge in [0.2, 0.25) is 0 Å². The van der Waals surface area contributed by atoms with Crippen LogP contribution in [0.1, 0.15) is 25.5 Å². The SMILES string of the molecule is CC1CN(C)CCN1c1ccccc1[C@H](C)O. The van der Waals surface area contributed by atoms with Crippen LogP contribution in [0.2, 0.25) is 0 Å². The van der Waals surface area contributed by atoms with E-state index in [0.29, 0.717) is 6.04 Å². The molecule has 3 heteroatoms. The molecule has 1 unspecified atom stereocenters. The van der Waals surface area contributed by atoms with Gasteiger partial charge in [0.25, 0.3) is 0 Å². The van der Waals surface area contributed by atoms with Crippen LogP contribution >= 0.6 is 0 Å². The smallest absolute Gasteiger partial charge is 0.0781 e. The minimum Gasteiger partial charge on any atom is -0.389 e. The number of aliphatic hydroxyl groups is 1. The van der Waals surface area contributed by atoms with Crippen LogP contribution in [0.15, 0.2) is 24.3 Å². The van der Waals surface area contributed by atoms with Crippen molar-refractivity contribution in [2.24, 2.45) is 0 Å². The summed E-state index contributed by atoms with van der Waals surface area (Å²) < 4.78 is 0. The van der Waals surface area contributed by atoms with Crippen LogP contribution in [0.3, 0.4) is 0 Å². The highest BCUT2D eigenvalue weighted by Crippen LogP contribution is 2.28. The molecule has 1 aliphatic rings. The second-order valence-electron chi connectivity index (χ2n) is 5.04. The monoisotopic (exact) mass is 234 g/mol. The molecule has 1 heterocycles. The Kier molecular flexibility index (Phi) is 3.69. The van der Waals surface area contributed by atoms with E-state index < -0.39 is 6.10 Å². The Morgan fingerprint density at radius 1 is 1.29 bits per heavy atom. The summed E-state index contributed by atoms with van der Waals surface area (Å²) >= 11 is 0. The predicted molar refractivity (Wildman–Crippen MR) is 71.4 cm³/mol. The zero-order chi connectivity index (χ0) is 12.4. The predicted octanol–water partition coefficient (Wildman–Crippen LogP) is 1.88. The van der Waals surface area contributed by atoms with E-state index in [1.54, 1.807) is 0 Å². The summed E-state index contributed by atoms with van der Waals surface area (Å²) in [7, 11) is 2.16. The largest absolute Gasteiger partial charge is 0.389 e. The van der Waals surface area contributed by atoms with E-state index in [-0.39, 0.29) is 0 Å². The van der Waals surface area contributed by atoms with Gasteiger partial charge in [-0.05, 0) is 27.0 Å². The van der Waals surface area contributed by atoms with Gasteiger partial charge in [-0.3, -0.25) is 0 Å². The number of hydrogen-bond donors (Lipinski definition) is 1. The van der Waals surface area contributed by atoms with Crippen LogP contribution in [-0.2, 0) is 0 Å². The lowest BCUT2D eigenvalue weighted by molar-refractivity contribution is 0.198. The van der Waals surface area contributed by atoms with Crippen LogP contribution in [0, 0.1) is 0 Å². The van der Waals surface area contributed by atoms with Crippen molar-refractivity contribution in [1.82, 2.24) is 4.90 Å². The highest BCUT2D eigenvalue weighted by molar-refractivity contribution is 5.55. The Labute approximate surface area is 104 Å². The van der Waals surface area contributed by atoms with Gasteiger partial charge in [-0.1, -0.05) is 18.2 Å². The van der Waals surface area contributed by atoms with Gasteiger partial charge in [0, 0.05) is 36.9 Å². The highest BCUT2D eigenvalue weighted by Gasteiger charge is 2.23. The Bertz CT molecular complexity index is 378. The van der Waals surface area contributed by atoms with Gasteiger partial charge < -0.3 is 14.9 Å². The molecule has 0 bridgehead atoms. The van der Waals surface area contributed by atoms with Crippen molar-refractivity contribution in [2.45, 2.75) is 26.0 Å². The van der Waals surface area contributed by atoms with Gasteiger partial charge in [0.05, 0.1) is 6.10 Å². The van der Waals surface area contributed by atoms with Gasteiger partial charge in [-0.25, -0.2) is 0 Å². The van der Waals surface area contributed by atoms with E-state index >= 15 is 0 Å². The van der Waals surface area contributed by atoms with Gasteiger partial charge >= 0.3 is 0 Å². The van der Waals surface area contributed by atoms with Crippen LogP contribution in [-0.4, -0.2) is 42.7 Å². The summed E-state index contributed by atoms with van der Waals surface area (Å²) in [5.74, 6) is 0. The molecule has 2 atom stereocenters. The first-order valence-corrected chi connectivity index (χ1v) is 6.31. The van der Waals surface area contributed by atoms with Crippen LogP contribution in [0.4, 0.5) is 5.69 Å². The van der Waals surface area contributed by atoms with E-state index in [4.69, 9.17) is 0 Å². The molecule has 1 saturated heterocycles. The Balaban J connectivity index is 2.27. The summed E-state index contributed by atoms with van der Waals surface area (Å²) in [6.45, 7) is 7.27. The Hall–Kier alpha value is -1.06. The molecule has 0 aliphatic carbocycles. The molecule has 1 fully saturated rings. The second-order valence-corrected chi connectivity index (χ2v) is 5.04. The van der Waals surface area contributed by atoms with E-state index in [1.807, 2.05) is 25.1 Å². The lowest BCUT2D eigenvalue weighted by atomic mass is 10.0. The number of hydrogen-bond acceptors (Lipinski definition) is 3. The van der Waals surface area contributed by atoms with Gasteiger partial charge in [-0.15, -0.1) is 0 Å². The maximum Gasteiger partial charge on any atom is 0.0781 e. The number of likely N-dealkylation sites (N-methyl/N-ethyl adjacent to an activating group) is 1. The summed E-state index contributed by atoms with van der Waals surface area (Å²) in [5, 5.41) is 9.84. The first kappa shape index (κ1) is 12.4. The van der Waals surface area contributed by atoms with Gasteiger partial charge in [0.1, 0.15) is 0 Å². The highest BCUT2D eigenvalue weighted by atomic mass is 16.3. The number of benzene rings is 1. The number of piperazine rings is 1. The van der Waals surface area contributed by atoms with E-state index in [9.17, 15) is 5.11 Å². The molecule has 1 N–H and O–H groups in total. The molecule has 1 aromatic rings. The van der Waals surface area contributed by atoms with Crippen molar-refractivity contribution in [2.75, 3.05) is 31.6 Å². The number of para-hydroxylation sites is 1. The molecule has 3 nitrogen and oxygen atoms in total. The fourth-order valence-electron chi connectivity index (χ4n) is 2.60. The third kappa shape index (κ3) is 2.61. The van der Waals surface area contributed by atoms with E-state index in [2.05, 4.69) is 29.8 Å². The third-order valence-corrected chi connectivity index (χ3v) is 3.53. The van der Waals surface area contributed by atoms with Crippen molar-refractivity contribution in [3.63, 3.8) is 0 Å². The molecule has 0 radical (unpaired) electrons. The van der Waals surface area contributed by atoms with Crippen molar-refractivity contribution >= 4 is 5.69 Å². The van der Waals surface area contributed by atoms with Crippen LogP contribution in [0.5, 0.6) is 0 Å². The lowest BCUT2D eigenvalue weighted by Crippen LogP contribution is -2.50. The quantitative estimate of drug-likeness (QED) is 0.846. The second kappa shape index (κ2) is 5.07. The van der Waals surface area contributed by atoms with Crippen LogP contribution < -0.4 is 4.90 Å². The molecule has 0 saturated carbocycles. The molecule has 0 amide bonds. The van der Waals surface area contributed by atoms with Gasteiger partial charge in [0.15, 0.2) is 0 Å². The summed E-state index contributed by atoms with van der Waals surface area (Å²) in [5.41, 5.74) is 2.21. The summed E-state index contributed by atoms with van der Waals surface area (Å²) in [6.07, 6.45) is -0.405. The Morgan fingerprint density at radius 3 is 2.65 bits per heavy atom. The fourth-order valence-corrected chi connectivity index (χ4v) is 2.60. The minimum absolute atomic E-state index is 0.405. The number of anilines is 1. The van der Waals surface area contributed by atoms with Crippen molar-refractivity contribution in [1.29, 1.82) is 0 Å². The average Bonchev–Trinajstić information content (AvgIpc) is 2.29. The third-order valence-electron chi connectivity index (χ3n) is 3.53. The molecule has 17 heavy (non-hydrogen) atoms. The lowest BCUT2D eigenvalue weighted by Gasteiger charge is -2.41. The molecule has 0 aromatic heterocycles. The molecular formula is C14H22N2O. The molecule has 94 valence electrons. The Morgan fingerprint density at radius 2 is 2.00 bits per heavy atom. The van der Waals surface area contributed by atoms with Crippen molar-refractivity contribution < 1.29 is 5.11 Å². The summed E-state index contributed by atoms with van der Waals surface area (Å²) in [6, 6.07) is 8.67. The first-order chi connectivity index (χ1) is 8.09. The number of aliphatic hydroxyl groups excluding tert-OH is 1. The van der Waals surface area contributed by atoms with E-state index in [0.717, 1.165) is 25.2 Å². The van der Waals surface area contributed by atoms with Crippen molar-refractivity contribution in [3.05, 3.63) is 29.8 Å². The van der Waals surface area contributed by atoms with Crippen molar-refractivity contribution in [3.8, 4) is 0 Å². The van der Waals surface area contributed by atoms with Crippen LogP contribution in [0.25, 0.3) is 0 Å². The topological polar surface area (TPSA) is 26.7 Å². The minimum atomic E-state index is -0.405. The van der Waals surface area contributed by atoms with E-state index in [1.165, 1.54) is 5.69 Å². The zero-order valence-electron chi connectivity index (χ0n) is 10.9. The number of nitrogens with zero attached hydrogens (tertiary/aromatic N) is 2. The number of rotatable bonds is 2. The standard InChI is InChI=1S/C14H22N2O/c1-11-10-15(3)8-9-16(11)14-7-5-4-6-13(14)12(2)17/h4-7,11-12,17H,8-10H2,1-3H3/t11?,12-/m0/s1.